The van der Waals surface area contributed by atoms with E-state index in [1.807, 2.05) is 0 Å². The summed E-state index contributed by atoms with van der Waals surface area (Å²) in [6, 6.07) is 0. The van der Waals surface area contributed by atoms with Crippen molar-refractivity contribution in [2.45, 2.75) is 47.1 Å². The van der Waals surface area contributed by atoms with Gasteiger partial charge in [-0.25, -0.2) is 15.0 Å². The van der Waals surface area contributed by atoms with Crippen molar-refractivity contribution < 1.29 is 0 Å². The van der Waals surface area contributed by atoms with Crippen LogP contribution in [0.5, 0.6) is 0 Å². The molecule has 24 heavy (non-hydrogen) atoms. The van der Waals surface area contributed by atoms with Gasteiger partial charge in [0.1, 0.15) is 0 Å². The van der Waals surface area contributed by atoms with Crippen molar-refractivity contribution in [3.8, 4) is 0 Å². The number of hydrogen-bond donors (Lipinski definition) is 2. The molecular weight excluding hydrogens is 453 g/mol. The second-order valence-electron chi connectivity index (χ2n) is 5.21. The minimum atomic E-state index is 0. The fourth-order valence-electron chi connectivity index (χ4n) is 2.02. The molecule has 5 nitrogen and oxygen atoms in total. The Kier molecular flexibility index (Phi) is 9.75. The Morgan fingerprint density at radius 2 is 1.96 bits per heavy atom. The molecule has 0 aliphatic heterocycles. The molecule has 0 amide bonds. The van der Waals surface area contributed by atoms with E-state index in [9.17, 15) is 0 Å². The molecule has 2 aromatic heterocycles. The van der Waals surface area contributed by atoms with E-state index in [0.717, 1.165) is 43.3 Å². The number of thiazole rings is 2. The van der Waals surface area contributed by atoms with Gasteiger partial charge < -0.3 is 10.6 Å². The van der Waals surface area contributed by atoms with Crippen molar-refractivity contribution in [2.24, 2.45) is 4.99 Å². The van der Waals surface area contributed by atoms with E-state index < -0.39 is 0 Å². The van der Waals surface area contributed by atoms with E-state index in [1.165, 1.54) is 14.9 Å². The predicted octanol–water partition coefficient (Wildman–Crippen LogP) is 3.69. The number of halogens is 1. The summed E-state index contributed by atoms with van der Waals surface area (Å²) in [6.45, 7) is 10.7. The minimum Gasteiger partial charge on any atom is -0.357 e. The highest BCUT2D eigenvalue weighted by molar-refractivity contribution is 14.0. The van der Waals surface area contributed by atoms with Gasteiger partial charge in [-0.05, 0) is 27.2 Å². The molecule has 0 fully saturated rings. The topological polar surface area (TPSA) is 62.2 Å². The maximum atomic E-state index is 4.61. The number of guanidine groups is 1. The molecule has 0 unspecified atom stereocenters. The first kappa shape index (κ1) is 21.3. The zero-order chi connectivity index (χ0) is 16.7. The van der Waals surface area contributed by atoms with Crippen LogP contribution in [0, 0.1) is 13.8 Å². The van der Waals surface area contributed by atoms with Crippen LogP contribution in [-0.4, -0.2) is 29.0 Å². The molecular formula is C16H26IN5S2. The average molecular weight is 479 g/mol. The maximum absolute atomic E-state index is 4.61. The van der Waals surface area contributed by atoms with E-state index in [-0.39, 0.29) is 24.0 Å². The van der Waals surface area contributed by atoms with Crippen LogP contribution in [0.15, 0.2) is 10.4 Å². The number of nitrogens with zero attached hydrogens (tertiary/aromatic N) is 3. The van der Waals surface area contributed by atoms with Crippen LogP contribution < -0.4 is 10.6 Å². The van der Waals surface area contributed by atoms with Crippen LogP contribution >= 0.6 is 46.7 Å². The van der Waals surface area contributed by atoms with Gasteiger partial charge in [0, 0.05) is 29.8 Å². The highest BCUT2D eigenvalue weighted by Crippen LogP contribution is 2.16. The number of nitrogens with one attached hydrogen (secondary N) is 2. The van der Waals surface area contributed by atoms with Crippen molar-refractivity contribution in [1.29, 1.82) is 0 Å². The quantitative estimate of drug-likeness (QED) is 0.361. The minimum absolute atomic E-state index is 0. The lowest BCUT2D eigenvalue weighted by Gasteiger charge is -2.10. The first-order valence-electron chi connectivity index (χ1n) is 8.00. The van der Waals surface area contributed by atoms with Crippen LogP contribution in [-0.2, 0) is 19.4 Å². The Bertz CT molecular complexity index is 631. The van der Waals surface area contributed by atoms with Gasteiger partial charge in [-0.1, -0.05) is 6.92 Å². The molecule has 2 heterocycles. The number of aliphatic imine (C=N–C) groups is 1. The smallest absolute Gasteiger partial charge is 0.191 e. The molecule has 2 N–H and O–H groups in total. The average Bonchev–Trinajstić information content (AvgIpc) is 3.12. The fraction of sp³-hybridized carbons (Fsp3) is 0.562. The summed E-state index contributed by atoms with van der Waals surface area (Å²) in [6.07, 6.45) is 1.90. The number of aromatic nitrogens is 2. The van der Waals surface area contributed by atoms with Crippen LogP contribution in [0.3, 0.4) is 0 Å². The maximum Gasteiger partial charge on any atom is 0.191 e. The Balaban J connectivity index is 0.00000288. The van der Waals surface area contributed by atoms with E-state index >= 15 is 0 Å². The predicted molar refractivity (Wildman–Crippen MR) is 115 cm³/mol. The number of rotatable bonds is 7. The number of hydrogen-bond acceptors (Lipinski definition) is 5. The zero-order valence-corrected chi connectivity index (χ0v) is 18.6. The van der Waals surface area contributed by atoms with Gasteiger partial charge in [-0.15, -0.1) is 46.7 Å². The molecule has 0 aromatic carbocycles. The van der Waals surface area contributed by atoms with Crippen molar-refractivity contribution in [1.82, 2.24) is 20.6 Å². The van der Waals surface area contributed by atoms with Gasteiger partial charge in [-0.2, -0.15) is 0 Å². The van der Waals surface area contributed by atoms with Crippen molar-refractivity contribution >= 4 is 52.6 Å². The second-order valence-corrected chi connectivity index (χ2v) is 7.44. The van der Waals surface area contributed by atoms with Crippen LogP contribution in [0.2, 0.25) is 0 Å². The highest BCUT2D eigenvalue weighted by Gasteiger charge is 2.05. The SMILES string of the molecule is CCNC(=NCc1csc(CC)n1)NCCc1nc(C)c(C)s1.I. The fourth-order valence-corrected chi connectivity index (χ4v) is 3.69. The molecule has 2 aromatic rings. The van der Waals surface area contributed by atoms with Gasteiger partial charge in [0.2, 0.25) is 0 Å². The van der Waals surface area contributed by atoms with Crippen molar-refractivity contribution in [2.75, 3.05) is 13.1 Å². The van der Waals surface area contributed by atoms with Crippen molar-refractivity contribution in [3.63, 3.8) is 0 Å². The first-order valence-corrected chi connectivity index (χ1v) is 9.70. The third kappa shape index (κ3) is 6.64. The van der Waals surface area contributed by atoms with E-state index in [4.69, 9.17) is 0 Å². The molecule has 0 spiro atoms. The molecule has 0 atom stereocenters. The molecule has 2 rings (SSSR count). The molecule has 134 valence electrons. The lowest BCUT2D eigenvalue weighted by molar-refractivity contribution is 0.793. The Labute approximate surface area is 169 Å². The van der Waals surface area contributed by atoms with E-state index in [1.54, 1.807) is 22.7 Å². The number of aryl methyl sites for hydroxylation is 3. The van der Waals surface area contributed by atoms with Crippen LogP contribution in [0.1, 0.15) is 40.1 Å². The lowest BCUT2D eigenvalue weighted by atomic mass is 10.4. The van der Waals surface area contributed by atoms with E-state index in [0.29, 0.717) is 6.54 Å². The molecule has 8 heteroatoms. The lowest BCUT2D eigenvalue weighted by Crippen LogP contribution is -2.38. The van der Waals surface area contributed by atoms with Crippen molar-refractivity contribution in [3.05, 3.63) is 31.7 Å². The molecule has 0 radical (unpaired) electrons. The van der Waals surface area contributed by atoms with Gasteiger partial charge in [0.05, 0.1) is 27.9 Å². The van der Waals surface area contributed by atoms with Gasteiger partial charge in [0.25, 0.3) is 0 Å². The normalized spacial score (nSPS) is 11.2. The third-order valence-corrected chi connectivity index (χ3v) is 5.52. The molecule has 0 saturated heterocycles. The summed E-state index contributed by atoms with van der Waals surface area (Å²) < 4.78 is 0. The summed E-state index contributed by atoms with van der Waals surface area (Å²) in [7, 11) is 0. The first-order chi connectivity index (χ1) is 11.1. The standard InChI is InChI=1S/C16H25N5S2.HI/c1-5-14-21-13(10-22-14)9-19-16(17-6-2)18-8-7-15-20-11(3)12(4)23-15;/h10H,5-9H2,1-4H3,(H2,17,18,19);1H. The van der Waals surface area contributed by atoms with Crippen LogP contribution in [0.4, 0.5) is 0 Å². The Morgan fingerprint density at radius 1 is 1.17 bits per heavy atom. The van der Waals surface area contributed by atoms with Gasteiger partial charge in [0.15, 0.2) is 5.96 Å². The summed E-state index contributed by atoms with van der Waals surface area (Å²) in [5, 5.41) is 11.1. The summed E-state index contributed by atoms with van der Waals surface area (Å²) >= 11 is 3.48. The Morgan fingerprint density at radius 3 is 2.54 bits per heavy atom. The molecule has 0 bridgehead atoms. The summed E-state index contributed by atoms with van der Waals surface area (Å²) in [5.41, 5.74) is 2.18. The highest BCUT2D eigenvalue weighted by atomic mass is 127. The second kappa shape index (κ2) is 11.0. The molecule has 0 saturated carbocycles. The Hall–Kier alpha value is -0.740. The summed E-state index contributed by atoms with van der Waals surface area (Å²) in [4.78, 5) is 15.0. The monoisotopic (exact) mass is 479 g/mol. The molecule has 0 aliphatic carbocycles. The van der Waals surface area contributed by atoms with Gasteiger partial charge >= 0.3 is 0 Å². The van der Waals surface area contributed by atoms with Crippen LogP contribution in [0.25, 0.3) is 0 Å². The third-order valence-electron chi connectivity index (χ3n) is 3.35. The zero-order valence-electron chi connectivity index (χ0n) is 14.7. The summed E-state index contributed by atoms with van der Waals surface area (Å²) in [5.74, 6) is 0.837. The molecule has 0 aliphatic rings. The van der Waals surface area contributed by atoms with Gasteiger partial charge in [-0.3, -0.25) is 0 Å². The van der Waals surface area contributed by atoms with E-state index in [2.05, 4.69) is 58.7 Å². The largest absolute Gasteiger partial charge is 0.357 e.